The monoisotopic (exact) mass is 387 g/mol. The van der Waals surface area contributed by atoms with Crippen LogP contribution in [0.5, 0.6) is 0 Å². The third-order valence-corrected chi connectivity index (χ3v) is 8.76. The molecule has 0 heterocycles. The molecule has 0 aliphatic heterocycles. The number of Topliss-reactive ketones (excluding diaryl/α,β-unsaturated/α-hetero) is 1. The molecule has 5 nitrogen and oxygen atoms in total. The molecule has 0 aromatic carbocycles. The van der Waals surface area contributed by atoms with Gasteiger partial charge in [-0.2, -0.15) is 0 Å². The number of allylic oxidation sites excluding steroid dienone is 2. The summed E-state index contributed by atoms with van der Waals surface area (Å²) in [5, 5.41) is 12.7. The molecule has 7 atom stereocenters. The zero-order chi connectivity index (χ0) is 20.3. The van der Waals surface area contributed by atoms with Gasteiger partial charge < -0.3 is 9.94 Å². The molecule has 0 bridgehead atoms. The highest BCUT2D eigenvalue weighted by atomic mass is 16.5. The Morgan fingerprint density at radius 2 is 2.00 bits per heavy atom. The highest BCUT2D eigenvalue weighted by Gasteiger charge is 2.62. The predicted octanol–water partition coefficient (Wildman–Crippen LogP) is 4.53. The summed E-state index contributed by atoms with van der Waals surface area (Å²) >= 11 is 0. The fourth-order valence-corrected chi connectivity index (χ4v) is 7.57. The van der Waals surface area contributed by atoms with Crippen molar-refractivity contribution in [3.05, 3.63) is 11.6 Å². The van der Waals surface area contributed by atoms with Crippen LogP contribution in [0.1, 0.15) is 72.6 Å². The molecule has 4 aliphatic rings. The van der Waals surface area contributed by atoms with Crippen LogP contribution < -0.4 is 0 Å². The maximum atomic E-state index is 13.5. The molecule has 4 rings (SSSR count). The molecule has 0 amide bonds. The number of fused-ring (bicyclic) bond motifs is 5. The van der Waals surface area contributed by atoms with Gasteiger partial charge in [-0.15, -0.1) is 0 Å². The smallest absolute Gasteiger partial charge is 0.302 e. The molecule has 4 aliphatic carbocycles. The van der Waals surface area contributed by atoms with Crippen molar-refractivity contribution < 1.29 is 19.5 Å². The lowest BCUT2D eigenvalue weighted by molar-refractivity contribution is -0.166. The molecule has 0 unspecified atom stereocenters. The van der Waals surface area contributed by atoms with E-state index in [0.717, 1.165) is 44.1 Å². The summed E-state index contributed by atoms with van der Waals surface area (Å²) in [5.74, 6) is 1.61. The minimum Gasteiger partial charge on any atom is -0.463 e. The first-order chi connectivity index (χ1) is 13.2. The topological polar surface area (TPSA) is 76.0 Å². The van der Waals surface area contributed by atoms with Crippen LogP contribution in [0.3, 0.4) is 0 Å². The molecular formula is C23H33NO4. The normalized spacial score (nSPS) is 45.6. The van der Waals surface area contributed by atoms with E-state index in [1.165, 1.54) is 6.92 Å². The lowest BCUT2D eigenvalue weighted by atomic mass is 9.44. The van der Waals surface area contributed by atoms with Crippen molar-refractivity contribution in [2.24, 2.45) is 39.7 Å². The van der Waals surface area contributed by atoms with E-state index < -0.39 is 0 Å². The minimum atomic E-state index is -0.202. The molecule has 5 heteroatoms. The largest absolute Gasteiger partial charge is 0.463 e. The molecular weight excluding hydrogens is 354 g/mol. The lowest BCUT2D eigenvalue weighted by Crippen LogP contribution is -2.57. The SMILES string of the molecule is CC(=O)O[C@@H]1CC[C@@]2(C)[C@@H](CC[C@@H]3[C@H]2C(=O)C[C@]2(C)C(/C(C)=N\O)=CC[C@H]32)C1. The van der Waals surface area contributed by atoms with Crippen molar-refractivity contribution >= 4 is 17.5 Å². The summed E-state index contributed by atoms with van der Waals surface area (Å²) < 4.78 is 5.52. The first-order valence-electron chi connectivity index (χ1n) is 10.8. The summed E-state index contributed by atoms with van der Waals surface area (Å²) in [6.45, 7) is 7.84. The number of carbonyl (C=O) groups excluding carboxylic acids is 2. The second-order valence-electron chi connectivity index (χ2n) is 10.1. The van der Waals surface area contributed by atoms with Gasteiger partial charge in [0.1, 0.15) is 11.9 Å². The number of ketones is 1. The van der Waals surface area contributed by atoms with E-state index in [2.05, 4.69) is 25.1 Å². The summed E-state index contributed by atoms with van der Waals surface area (Å²) in [5.41, 5.74) is 1.53. The number of hydrogen-bond donors (Lipinski definition) is 1. The number of esters is 1. The van der Waals surface area contributed by atoms with Gasteiger partial charge in [0.15, 0.2) is 0 Å². The molecule has 0 saturated heterocycles. The second kappa shape index (κ2) is 6.70. The number of carbonyl (C=O) groups is 2. The molecule has 3 saturated carbocycles. The summed E-state index contributed by atoms with van der Waals surface area (Å²) in [4.78, 5) is 24.9. The van der Waals surface area contributed by atoms with E-state index in [1.807, 2.05) is 6.92 Å². The Balaban J connectivity index is 1.60. The van der Waals surface area contributed by atoms with Gasteiger partial charge >= 0.3 is 5.97 Å². The molecule has 0 radical (unpaired) electrons. The summed E-state index contributed by atoms with van der Waals surface area (Å²) in [6, 6.07) is 0. The van der Waals surface area contributed by atoms with Crippen LogP contribution in [0.25, 0.3) is 0 Å². The van der Waals surface area contributed by atoms with Crippen molar-refractivity contribution in [1.29, 1.82) is 0 Å². The van der Waals surface area contributed by atoms with E-state index >= 15 is 0 Å². The molecule has 28 heavy (non-hydrogen) atoms. The van der Waals surface area contributed by atoms with Gasteiger partial charge in [-0.3, -0.25) is 9.59 Å². The third kappa shape index (κ3) is 2.76. The standard InChI is InChI=1S/C23H33NO4/c1-13(24-27)18-7-8-19-17-6-5-15-11-16(28-14(2)25)9-10-22(15,3)21(17)20(26)12-23(18,19)4/h7,15-17,19,21,27H,5-6,8-12H2,1-4H3/b24-13-/t15-,16+,17-,19+,21-,22-,23+/m0/s1. The Kier molecular flexibility index (Phi) is 4.71. The zero-order valence-electron chi connectivity index (χ0n) is 17.5. The fourth-order valence-electron chi connectivity index (χ4n) is 7.57. The van der Waals surface area contributed by atoms with Crippen LogP contribution in [0.2, 0.25) is 0 Å². The zero-order valence-corrected chi connectivity index (χ0v) is 17.5. The quantitative estimate of drug-likeness (QED) is 0.327. The summed E-state index contributed by atoms with van der Waals surface area (Å²) in [6.07, 6.45) is 8.65. The van der Waals surface area contributed by atoms with Crippen molar-refractivity contribution in [1.82, 2.24) is 0 Å². The Hall–Kier alpha value is -1.65. The predicted molar refractivity (Wildman–Crippen MR) is 106 cm³/mol. The maximum Gasteiger partial charge on any atom is 0.302 e. The maximum absolute atomic E-state index is 13.5. The Bertz CT molecular complexity index is 756. The fraction of sp³-hybridized carbons (Fsp3) is 0.783. The van der Waals surface area contributed by atoms with Crippen LogP contribution in [-0.4, -0.2) is 28.8 Å². The van der Waals surface area contributed by atoms with Gasteiger partial charge in [0.2, 0.25) is 0 Å². The lowest BCUT2D eigenvalue weighted by Gasteiger charge is -2.59. The summed E-state index contributed by atoms with van der Waals surface area (Å²) in [7, 11) is 0. The van der Waals surface area contributed by atoms with Gasteiger partial charge in [-0.25, -0.2) is 0 Å². The van der Waals surface area contributed by atoms with Crippen molar-refractivity contribution in [3.63, 3.8) is 0 Å². The van der Waals surface area contributed by atoms with Crippen LogP contribution >= 0.6 is 0 Å². The van der Waals surface area contributed by atoms with E-state index in [9.17, 15) is 14.8 Å². The molecule has 1 N–H and O–H groups in total. The van der Waals surface area contributed by atoms with E-state index in [-0.39, 0.29) is 28.8 Å². The molecule has 0 aromatic heterocycles. The average Bonchev–Trinajstić information content (AvgIpc) is 2.97. The van der Waals surface area contributed by atoms with Crippen molar-refractivity contribution in [2.75, 3.05) is 0 Å². The van der Waals surface area contributed by atoms with Crippen molar-refractivity contribution in [2.45, 2.75) is 78.7 Å². The average molecular weight is 388 g/mol. The molecule has 154 valence electrons. The second-order valence-corrected chi connectivity index (χ2v) is 10.1. The Morgan fingerprint density at radius 3 is 2.68 bits per heavy atom. The van der Waals surface area contributed by atoms with E-state index in [1.54, 1.807) is 0 Å². The Morgan fingerprint density at radius 1 is 1.25 bits per heavy atom. The number of oxime groups is 1. The van der Waals surface area contributed by atoms with Crippen LogP contribution in [0.15, 0.2) is 16.8 Å². The number of rotatable bonds is 2. The third-order valence-electron chi connectivity index (χ3n) is 8.76. The van der Waals surface area contributed by atoms with Crippen molar-refractivity contribution in [3.8, 4) is 0 Å². The highest BCUT2D eigenvalue weighted by Crippen LogP contribution is 2.65. The highest BCUT2D eigenvalue weighted by molar-refractivity contribution is 6.01. The molecule has 3 fully saturated rings. The van der Waals surface area contributed by atoms with Crippen LogP contribution in [0, 0.1) is 34.5 Å². The molecule has 0 spiro atoms. The first-order valence-corrected chi connectivity index (χ1v) is 10.8. The van der Waals surface area contributed by atoms with Gasteiger partial charge in [0.05, 0.1) is 5.71 Å². The minimum absolute atomic E-state index is 0.0132. The number of nitrogens with zero attached hydrogens (tertiary/aromatic N) is 1. The van der Waals surface area contributed by atoms with E-state index in [4.69, 9.17) is 4.74 Å². The van der Waals surface area contributed by atoms with Gasteiger partial charge in [-0.05, 0) is 74.2 Å². The van der Waals surface area contributed by atoms with E-state index in [0.29, 0.717) is 35.7 Å². The number of ether oxygens (including phenoxy) is 1. The first kappa shape index (κ1) is 19.7. The Labute approximate surface area is 167 Å². The van der Waals surface area contributed by atoms with Gasteiger partial charge in [0, 0.05) is 24.7 Å². The number of hydrogen-bond acceptors (Lipinski definition) is 5. The van der Waals surface area contributed by atoms with Crippen LogP contribution in [-0.2, 0) is 14.3 Å². The van der Waals surface area contributed by atoms with Gasteiger partial charge in [-0.1, -0.05) is 25.1 Å². The molecule has 0 aromatic rings. The van der Waals surface area contributed by atoms with Gasteiger partial charge in [0.25, 0.3) is 0 Å². The van der Waals surface area contributed by atoms with Crippen LogP contribution in [0.4, 0.5) is 0 Å².